The minimum atomic E-state index is -0.611. The van der Waals surface area contributed by atoms with E-state index >= 15 is 0 Å². The predicted molar refractivity (Wildman–Crippen MR) is 173 cm³/mol. The summed E-state index contributed by atoms with van der Waals surface area (Å²) in [4.78, 5) is 55.6. The molecule has 8 nitrogen and oxygen atoms in total. The zero-order valence-electron chi connectivity index (χ0n) is 25.2. The third-order valence-corrected chi connectivity index (χ3v) is 9.57. The Balaban J connectivity index is 0.00000173. The summed E-state index contributed by atoms with van der Waals surface area (Å²) >= 11 is 2.72. The monoisotopic (exact) mass is 623 g/mol. The number of thioether (sulfide) groups is 2. The SMILES string of the molecule is CCOC(=O)CCC(=O)NC1S[C@]12CCCN2C(=O)C(S[C-]=Nc1cc2ccccc2cc1[C-]=O)c1ccccc1.[CH2-]C.[Li+]. The van der Waals surface area contributed by atoms with Gasteiger partial charge < -0.3 is 31.7 Å². The van der Waals surface area contributed by atoms with Crippen LogP contribution in [0.4, 0.5) is 5.69 Å². The summed E-state index contributed by atoms with van der Waals surface area (Å²) in [6.45, 7) is 7.58. The Kier molecular flexibility index (Phi) is 13.6. The largest absolute Gasteiger partial charge is 1.00 e. The van der Waals surface area contributed by atoms with E-state index in [4.69, 9.17) is 4.74 Å². The number of hydrogen-bond acceptors (Lipinski definition) is 8. The molecule has 3 aromatic rings. The zero-order valence-corrected chi connectivity index (χ0v) is 26.8. The van der Waals surface area contributed by atoms with Crippen LogP contribution in [0, 0.1) is 6.92 Å². The van der Waals surface area contributed by atoms with Gasteiger partial charge in [0.25, 0.3) is 0 Å². The molecule has 0 radical (unpaired) electrons. The van der Waals surface area contributed by atoms with Gasteiger partial charge in [0.15, 0.2) is 0 Å². The second-order valence-electron chi connectivity index (χ2n) is 9.74. The van der Waals surface area contributed by atoms with Crippen LogP contribution in [0.25, 0.3) is 10.8 Å². The van der Waals surface area contributed by atoms with Crippen molar-refractivity contribution in [2.24, 2.45) is 4.99 Å². The number of fused-ring (bicyclic) bond motifs is 1. The molecule has 1 N–H and O–H groups in total. The first-order valence-electron chi connectivity index (χ1n) is 14.2. The van der Waals surface area contributed by atoms with Gasteiger partial charge in [0, 0.05) is 13.0 Å². The Labute approximate surface area is 279 Å². The molecule has 11 heteroatoms. The van der Waals surface area contributed by atoms with E-state index in [-0.39, 0.29) is 55.5 Å². The molecule has 226 valence electrons. The van der Waals surface area contributed by atoms with Gasteiger partial charge in [0.05, 0.1) is 24.6 Å². The normalized spacial score (nSPS) is 19.1. The van der Waals surface area contributed by atoms with Crippen LogP contribution in [0.15, 0.2) is 71.7 Å². The molecule has 3 aromatic carbocycles. The third kappa shape index (κ3) is 8.36. The van der Waals surface area contributed by atoms with E-state index < -0.39 is 16.1 Å². The Morgan fingerprint density at radius 2 is 1.80 bits per heavy atom. The van der Waals surface area contributed by atoms with Crippen molar-refractivity contribution in [3.05, 3.63) is 84.8 Å². The molecule has 3 atom stereocenters. The molecule has 2 aliphatic rings. The zero-order chi connectivity index (χ0) is 30.8. The number of carbonyl (C=O) groups excluding carboxylic acids is 4. The van der Waals surface area contributed by atoms with Crippen LogP contribution in [0.5, 0.6) is 0 Å². The van der Waals surface area contributed by atoms with Crippen molar-refractivity contribution in [1.29, 1.82) is 0 Å². The fraction of sp³-hybridized carbons (Fsp3) is 0.333. The van der Waals surface area contributed by atoms with E-state index in [1.807, 2.05) is 71.8 Å². The summed E-state index contributed by atoms with van der Waals surface area (Å²) in [5.41, 5.74) is 4.55. The van der Waals surface area contributed by atoms with E-state index in [1.165, 1.54) is 0 Å². The maximum atomic E-state index is 14.0. The van der Waals surface area contributed by atoms with Crippen LogP contribution < -0.4 is 24.2 Å². The van der Waals surface area contributed by atoms with Gasteiger partial charge >= 0.3 is 24.8 Å². The summed E-state index contributed by atoms with van der Waals surface area (Å²) in [5.74, 6) is -0.724. The van der Waals surface area contributed by atoms with Crippen LogP contribution in [-0.4, -0.2) is 57.9 Å². The summed E-state index contributed by atoms with van der Waals surface area (Å²) in [6, 6.07) is 20.7. The van der Waals surface area contributed by atoms with Crippen molar-refractivity contribution >= 4 is 69.6 Å². The number of likely N-dealkylation sites (tertiary alicyclic amines) is 1. The summed E-state index contributed by atoms with van der Waals surface area (Å²) in [6.07, 6.45) is 3.62. The molecule has 2 aliphatic heterocycles. The third-order valence-electron chi connectivity index (χ3n) is 7.10. The van der Waals surface area contributed by atoms with Gasteiger partial charge in [-0.25, -0.2) is 11.8 Å². The van der Waals surface area contributed by atoms with Crippen LogP contribution in [-0.2, 0) is 23.9 Å². The van der Waals surface area contributed by atoms with Crippen molar-refractivity contribution in [2.75, 3.05) is 13.2 Å². The number of carbonyl (C=O) groups is 3. The molecule has 0 aromatic heterocycles. The molecule has 1 spiro atoms. The van der Waals surface area contributed by atoms with Crippen LogP contribution in [0.2, 0.25) is 0 Å². The number of esters is 1. The van der Waals surface area contributed by atoms with Gasteiger partial charge in [0.2, 0.25) is 11.8 Å². The van der Waals surface area contributed by atoms with Gasteiger partial charge in [-0.15, -0.1) is 22.9 Å². The van der Waals surface area contributed by atoms with Crippen LogP contribution in [0.1, 0.15) is 55.9 Å². The summed E-state index contributed by atoms with van der Waals surface area (Å²) in [7, 11) is 0. The van der Waals surface area contributed by atoms with Crippen molar-refractivity contribution < 1.29 is 42.8 Å². The number of rotatable bonds is 11. The van der Waals surface area contributed by atoms with Crippen molar-refractivity contribution in [2.45, 2.75) is 55.0 Å². The first-order valence-corrected chi connectivity index (χ1v) is 15.9. The van der Waals surface area contributed by atoms with Crippen LogP contribution >= 0.6 is 23.5 Å². The minimum absolute atomic E-state index is 0. The molecule has 0 saturated carbocycles. The molecular formula is C33H34LiN3O5S2-2. The second kappa shape index (κ2) is 16.9. The number of hydrogen-bond donors (Lipinski definition) is 1. The average molecular weight is 624 g/mol. The topological polar surface area (TPSA) is 105 Å². The fourth-order valence-electron chi connectivity index (χ4n) is 5.05. The molecule has 5 rings (SSSR count). The number of nitrogens with one attached hydrogen (secondary N) is 1. The fourth-order valence-corrected chi connectivity index (χ4v) is 7.23. The molecule has 44 heavy (non-hydrogen) atoms. The maximum Gasteiger partial charge on any atom is 1.00 e. The smallest absolute Gasteiger partial charge is 0.466 e. The Morgan fingerprint density at radius 3 is 2.48 bits per heavy atom. The van der Waals surface area contributed by atoms with Gasteiger partial charge in [-0.2, -0.15) is 13.0 Å². The first kappa shape index (κ1) is 35.4. The Hall–Kier alpha value is -3.03. The second-order valence-corrected chi connectivity index (χ2v) is 12.0. The summed E-state index contributed by atoms with van der Waals surface area (Å²) < 4.78 is 4.90. The first-order chi connectivity index (χ1) is 20.9. The molecule has 2 unspecified atom stereocenters. The number of benzene rings is 3. The maximum absolute atomic E-state index is 14.0. The Morgan fingerprint density at radius 1 is 1.11 bits per heavy atom. The van der Waals surface area contributed by atoms with E-state index in [2.05, 4.69) is 22.8 Å². The van der Waals surface area contributed by atoms with Gasteiger partial charge in [-0.1, -0.05) is 71.7 Å². The number of amides is 2. The molecule has 0 bridgehead atoms. The van der Waals surface area contributed by atoms with Crippen molar-refractivity contribution in [3.8, 4) is 0 Å². The van der Waals surface area contributed by atoms with E-state index in [1.54, 1.807) is 31.7 Å². The molecule has 2 amide bonds. The van der Waals surface area contributed by atoms with Crippen LogP contribution in [0.3, 0.4) is 0 Å². The number of nitrogens with zero attached hydrogens (tertiary/aromatic N) is 2. The van der Waals surface area contributed by atoms with E-state index in [0.29, 0.717) is 17.8 Å². The summed E-state index contributed by atoms with van der Waals surface area (Å²) in [5, 5.41) is 4.00. The predicted octanol–water partition coefficient (Wildman–Crippen LogP) is 3.00. The number of aliphatic imine (C=N–C) groups is 1. The van der Waals surface area contributed by atoms with E-state index in [0.717, 1.165) is 40.9 Å². The number of ether oxygens (including phenoxy) is 1. The minimum Gasteiger partial charge on any atom is -0.466 e. The molecular weight excluding hydrogens is 589 g/mol. The quantitative estimate of drug-likeness (QED) is 0.0875. The van der Waals surface area contributed by atoms with E-state index in [9.17, 15) is 19.2 Å². The van der Waals surface area contributed by atoms with Gasteiger partial charge in [0.1, 0.15) is 10.2 Å². The molecule has 2 fully saturated rings. The van der Waals surface area contributed by atoms with Crippen molar-refractivity contribution in [3.63, 3.8) is 0 Å². The van der Waals surface area contributed by atoms with Gasteiger partial charge in [-0.05, 0) is 30.7 Å². The molecule has 2 heterocycles. The average Bonchev–Trinajstić information content (AvgIpc) is 3.54. The Bertz CT molecular complexity index is 1490. The van der Waals surface area contributed by atoms with Crippen molar-refractivity contribution in [1.82, 2.24) is 10.2 Å². The molecule has 2 saturated heterocycles. The van der Waals surface area contributed by atoms with Gasteiger partial charge in [-0.3, -0.25) is 14.4 Å². The standard InChI is InChI=1S/C31H29N3O5S2.C2H5.Li/c1-2-39-27(37)14-13-26(36)33-30-31(41-30)15-8-16-34(31)29(38)28(21-9-4-3-5-10-21)40-20-32-25-18-23-12-7-6-11-22(23)17-24(25)19-35;1-2;/h3-7,9-12,17-18,28,30H,2,8,13-16H2,1H3,(H,33,36);1H2,2H3;/q-2;-1;+1/t28?,30?,31-;;/m1../s1. The molecule has 0 aliphatic carbocycles.